The monoisotopic (exact) mass is 424 g/mol. The summed E-state index contributed by atoms with van der Waals surface area (Å²) in [7, 11) is 0. The molecule has 0 saturated carbocycles. The molecule has 3 aromatic rings. The minimum Gasteiger partial charge on any atom is -0.337 e. The number of carbonyl (C=O) groups is 1. The van der Waals surface area contributed by atoms with Gasteiger partial charge in [-0.2, -0.15) is 5.10 Å². The van der Waals surface area contributed by atoms with Crippen molar-refractivity contribution in [1.29, 1.82) is 0 Å². The highest BCUT2D eigenvalue weighted by molar-refractivity contribution is 5.73. The Hall–Kier alpha value is -3.06. The van der Waals surface area contributed by atoms with Crippen LogP contribution in [-0.4, -0.2) is 38.6 Å². The van der Waals surface area contributed by atoms with E-state index in [1.807, 2.05) is 19.1 Å². The van der Waals surface area contributed by atoms with Gasteiger partial charge in [0.05, 0.1) is 23.6 Å². The van der Waals surface area contributed by atoms with Gasteiger partial charge in [0.25, 0.3) is 0 Å². The SMILES string of the molecule is CCN(Cc1nn(-c2cccc(F)c2)c2c1CN(Cc1ccccc1F)CC2)C(C)=O. The fraction of sp³-hybridized carbons (Fsp3) is 0.333. The molecule has 1 aliphatic rings. The highest BCUT2D eigenvalue weighted by Gasteiger charge is 2.27. The lowest BCUT2D eigenvalue weighted by molar-refractivity contribution is -0.129. The van der Waals surface area contributed by atoms with E-state index in [2.05, 4.69) is 4.90 Å². The van der Waals surface area contributed by atoms with Crippen LogP contribution in [0.15, 0.2) is 48.5 Å². The molecular weight excluding hydrogens is 398 g/mol. The Bertz CT molecular complexity index is 1090. The Balaban J connectivity index is 1.69. The largest absolute Gasteiger partial charge is 0.337 e. The van der Waals surface area contributed by atoms with E-state index in [1.165, 1.54) is 18.2 Å². The summed E-state index contributed by atoms with van der Waals surface area (Å²) in [6.07, 6.45) is 0.708. The molecule has 0 bridgehead atoms. The van der Waals surface area contributed by atoms with E-state index >= 15 is 0 Å². The second-order valence-electron chi connectivity index (χ2n) is 7.85. The molecule has 31 heavy (non-hydrogen) atoms. The molecule has 1 aliphatic heterocycles. The van der Waals surface area contributed by atoms with Crippen molar-refractivity contribution in [1.82, 2.24) is 19.6 Å². The van der Waals surface area contributed by atoms with Crippen molar-refractivity contribution in [2.75, 3.05) is 13.1 Å². The van der Waals surface area contributed by atoms with Gasteiger partial charge in [-0.1, -0.05) is 24.3 Å². The summed E-state index contributed by atoms with van der Waals surface area (Å²) >= 11 is 0. The molecule has 0 atom stereocenters. The van der Waals surface area contributed by atoms with Crippen LogP contribution in [0.3, 0.4) is 0 Å². The van der Waals surface area contributed by atoms with Gasteiger partial charge < -0.3 is 4.90 Å². The van der Waals surface area contributed by atoms with Gasteiger partial charge in [-0.25, -0.2) is 13.5 Å². The lowest BCUT2D eigenvalue weighted by Gasteiger charge is -2.28. The van der Waals surface area contributed by atoms with Crippen LogP contribution in [0.4, 0.5) is 8.78 Å². The fourth-order valence-electron chi connectivity index (χ4n) is 4.12. The first kappa shape index (κ1) is 21.2. The van der Waals surface area contributed by atoms with E-state index in [1.54, 1.807) is 34.7 Å². The minimum atomic E-state index is -0.320. The fourth-order valence-corrected chi connectivity index (χ4v) is 4.12. The van der Waals surface area contributed by atoms with Crippen LogP contribution in [0.2, 0.25) is 0 Å². The molecular formula is C24H26F2N4O. The number of aromatic nitrogens is 2. The molecule has 1 amide bonds. The van der Waals surface area contributed by atoms with Crippen LogP contribution in [0.1, 0.15) is 36.4 Å². The van der Waals surface area contributed by atoms with E-state index in [0.29, 0.717) is 43.9 Å². The van der Waals surface area contributed by atoms with Gasteiger partial charge >= 0.3 is 0 Å². The number of hydrogen-bond acceptors (Lipinski definition) is 3. The highest BCUT2D eigenvalue weighted by atomic mass is 19.1. The van der Waals surface area contributed by atoms with E-state index in [9.17, 15) is 13.6 Å². The van der Waals surface area contributed by atoms with E-state index < -0.39 is 0 Å². The van der Waals surface area contributed by atoms with Crippen LogP contribution in [0.5, 0.6) is 0 Å². The number of hydrogen-bond donors (Lipinski definition) is 0. The summed E-state index contributed by atoms with van der Waals surface area (Å²) in [5.74, 6) is -0.549. The molecule has 7 heteroatoms. The van der Waals surface area contributed by atoms with Crippen molar-refractivity contribution in [3.05, 3.63) is 82.7 Å². The number of nitrogens with zero attached hydrogens (tertiary/aromatic N) is 4. The van der Waals surface area contributed by atoms with Crippen LogP contribution in [0, 0.1) is 11.6 Å². The molecule has 2 heterocycles. The van der Waals surface area contributed by atoms with Crippen molar-refractivity contribution in [3.63, 3.8) is 0 Å². The molecule has 1 aromatic heterocycles. The summed E-state index contributed by atoms with van der Waals surface area (Å²) < 4.78 is 29.8. The van der Waals surface area contributed by atoms with Gasteiger partial charge in [0.2, 0.25) is 5.91 Å². The first-order valence-electron chi connectivity index (χ1n) is 10.5. The zero-order valence-electron chi connectivity index (χ0n) is 17.8. The minimum absolute atomic E-state index is 0.0180. The molecule has 0 spiro atoms. The number of fused-ring (bicyclic) bond motifs is 1. The number of rotatable bonds is 6. The molecule has 0 unspecified atom stereocenters. The maximum Gasteiger partial charge on any atom is 0.219 e. The van der Waals surface area contributed by atoms with Gasteiger partial charge in [0.1, 0.15) is 11.6 Å². The van der Waals surface area contributed by atoms with E-state index in [0.717, 1.165) is 23.5 Å². The lowest BCUT2D eigenvalue weighted by Crippen LogP contribution is -2.32. The maximum atomic E-state index is 14.2. The van der Waals surface area contributed by atoms with Crippen molar-refractivity contribution >= 4 is 5.91 Å². The predicted molar refractivity (Wildman–Crippen MR) is 115 cm³/mol. The topological polar surface area (TPSA) is 41.4 Å². The van der Waals surface area contributed by atoms with Gasteiger partial charge in [0, 0.05) is 50.7 Å². The number of carbonyl (C=O) groups excluding carboxylic acids is 1. The Kier molecular flexibility index (Phi) is 6.13. The highest BCUT2D eigenvalue weighted by Crippen LogP contribution is 2.28. The smallest absolute Gasteiger partial charge is 0.219 e. The number of benzene rings is 2. The molecule has 0 aliphatic carbocycles. The quantitative estimate of drug-likeness (QED) is 0.599. The second kappa shape index (κ2) is 8.98. The molecule has 0 saturated heterocycles. The van der Waals surface area contributed by atoms with Gasteiger partial charge in [-0.05, 0) is 31.2 Å². The molecule has 162 valence electrons. The molecule has 0 fully saturated rings. The van der Waals surface area contributed by atoms with Crippen LogP contribution >= 0.6 is 0 Å². The maximum absolute atomic E-state index is 14.2. The third-order valence-electron chi connectivity index (χ3n) is 5.79. The zero-order chi connectivity index (χ0) is 22.0. The summed E-state index contributed by atoms with van der Waals surface area (Å²) in [5.41, 5.74) is 4.17. The Morgan fingerprint density at radius 2 is 1.97 bits per heavy atom. The van der Waals surface area contributed by atoms with Crippen LogP contribution < -0.4 is 0 Å². The standard InChI is InChI=1S/C24H26F2N4O/c1-3-29(17(2)31)16-23-21-15-28(14-18-7-4-5-10-22(18)26)12-11-24(21)30(27-23)20-9-6-8-19(25)13-20/h4-10,13H,3,11-12,14-16H2,1-2H3. The average Bonchev–Trinajstić information content (AvgIpc) is 3.11. The molecule has 4 rings (SSSR count). The molecule has 0 radical (unpaired) electrons. The number of halogens is 2. The van der Waals surface area contributed by atoms with E-state index in [-0.39, 0.29) is 17.5 Å². The van der Waals surface area contributed by atoms with Crippen molar-refractivity contribution in [2.24, 2.45) is 0 Å². The Morgan fingerprint density at radius 1 is 1.16 bits per heavy atom. The molecule has 2 aromatic carbocycles. The van der Waals surface area contributed by atoms with Crippen molar-refractivity contribution in [2.45, 2.75) is 39.9 Å². The predicted octanol–water partition coefficient (Wildman–Crippen LogP) is 4.08. The van der Waals surface area contributed by atoms with Crippen molar-refractivity contribution in [3.8, 4) is 5.69 Å². The summed E-state index contributed by atoms with van der Waals surface area (Å²) in [4.78, 5) is 15.9. The first-order chi connectivity index (χ1) is 15.0. The zero-order valence-corrected chi connectivity index (χ0v) is 17.8. The van der Waals surface area contributed by atoms with Crippen LogP contribution in [0.25, 0.3) is 5.69 Å². The third kappa shape index (κ3) is 4.51. The summed E-state index contributed by atoms with van der Waals surface area (Å²) in [6, 6.07) is 13.2. The second-order valence-corrected chi connectivity index (χ2v) is 7.85. The van der Waals surface area contributed by atoms with Gasteiger partial charge in [-0.3, -0.25) is 9.69 Å². The molecule has 5 nitrogen and oxygen atoms in total. The normalized spacial score (nSPS) is 13.8. The average molecular weight is 424 g/mol. The van der Waals surface area contributed by atoms with Crippen molar-refractivity contribution < 1.29 is 13.6 Å². The first-order valence-corrected chi connectivity index (χ1v) is 10.5. The van der Waals surface area contributed by atoms with Gasteiger partial charge in [0.15, 0.2) is 0 Å². The number of amides is 1. The van der Waals surface area contributed by atoms with Crippen LogP contribution in [-0.2, 0) is 30.8 Å². The third-order valence-corrected chi connectivity index (χ3v) is 5.79. The van der Waals surface area contributed by atoms with E-state index in [4.69, 9.17) is 5.10 Å². The lowest BCUT2D eigenvalue weighted by atomic mass is 10.0. The summed E-state index contributed by atoms with van der Waals surface area (Å²) in [6.45, 7) is 6.29. The van der Waals surface area contributed by atoms with Gasteiger partial charge in [-0.15, -0.1) is 0 Å². The Morgan fingerprint density at radius 3 is 2.68 bits per heavy atom. The summed E-state index contributed by atoms with van der Waals surface area (Å²) in [5, 5.41) is 4.79. The molecule has 0 N–H and O–H groups in total. The Labute approximate surface area is 180 Å².